The molecule has 136 valence electrons. The molecule has 0 unspecified atom stereocenters. The third-order valence-electron chi connectivity index (χ3n) is 3.97. The normalized spacial score (nSPS) is 21.7. The van der Waals surface area contributed by atoms with Crippen LogP contribution < -0.4 is 16.2 Å². The maximum absolute atomic E-state index is 13.9. The molecule has 0 saturated carbocycles. The SMILES string of the molecule is COc1cccc(C(=O)[C@]2(n3cc(F)c(N)nc3=O)C=C[C@@H](CO)O2)c1. The van der Waals surface area contributed by atoms with Gasteiger partial charge in [0.1, 0.15) is 11.9 Å². The maximum Gasteiger partial charge on any atom is 0.352 e. The summed E-state index contributed by atoms with van der Waals surface area (Å²) in [4.78, 5) is 28.9. The molecular formula is C17H16FN3O5. The van der Waals surface area contributed by atoms with E-state index >= 15 is 0 Å². The van der Waals surface area contributed by atoms with Crippen LogP contribution in [0.4, 0.5) is 10.2 Å². The minimum atomic E-state index is -2.00. The second-order valence-electron chi connectivity index (χ2n) is 5.58. The number of ether oxygens (including phenoxy) is 2. The zero-order valence-corrected chi connectivity index (χ0v) is 13.8. The highest BCUT2D eigenvalue weighted by molar-refractivity contribution is 6.02. The predicted octanol–water partition coefficient (Wildman–Crippen LogP) is 0.456. The molecule has 1 aliphatic heterocycles. The number of benzene rings is 1. The van der Waals surface area contributed by atoms with Gasteiger partial charge in [0.2, 0.25) is 11.5 Å². The second-order valence-corrected chi connectivity index (χ2v) is 5.58. The molecular weight excluding hydrogens is 345 g/mol. The van der Waals surface area contributed by atoms with Crippen molar-refractivity contribution in [3.8, 4) is 5.75 Å². The summed E-state index contributed by atoms with van der Waals surface area (Å²) in [6.07, 6.45) is 2.61. The third-order valence-corrected chi connectivity index (χ3v) is 3.97. The van der Waals surface area contributed by atoms with Crippen LogP contribution in [0.5, 0.6) is 5.75 Å². The minimum absolute atomic E-state index is 0.164. The number of aliphatic hydroxyl groups is 1. The summed E-state index contributed by atoms with van der Waals surface area (Å²) in [5, 5.41) is 9.34. The van der Waals surface area contributed by atoms with E-state index in [1.54, 1.807) is 12.1 Å². The number of carbonyl (C=O) groups excluding carboxylic acids is 1. The van der Waals surface area contributed by atoms with Gasteiger partial charge < -0.3 is 20.3 Å². The number of carbonyl (C=O) groups is 1. The molecule has 0 aliphatic carbocycles. The molecule has 0 fully saturated rings. The van der Waals surface area contributed by atoms with Gasteiger partial charge in [-0.05, 0) is 18.2 Å². The Morgan fingerprint density at radius 1 is 1.54 bits per heavy atom. The van der Waals surface area contributed by atoms with Crippen LogP contribution >= 0.6 is 0 Å². The number of nitrogens with zero attached hydrogens (tertiary/aromatic N) is 2. The van der Waals surface area contributed by atoms with E-state index in [9.17, 15) is 19.1 Å². The lowest BCUT2D eigenvalue weighted by atomic mass is 10.00. The number of hydrogen-bond donors (Lipinski definition) is 2. The van der Waals surface area contributed by atoms with Gasteiger partial charge in [0.25, 0.3) is 0 Å². The lowest BCUT2D eigenvalue weighted by Crippen LogP contribution is -2.48. The Morgan fingerprint density at radius 2 is 2.31 bits per heavy atom. The summed E-state index contributed by atoms with van der Waals surface area (Å²) in [6, 6.07) is 6.19. The van der Waals surface area contributed by atoms with Crippen LogP contribution in [0.3, 0.4) is 0 Å². The van der Waals surface area contributed by atoms with Crippen LogP contribution in [0.15, 0.2) is 47.4 Å². The summed E-state index contributed by atoms with van der Waals surface area (Å²) in [6.45, 7) is -0.427. The molecule has 0 bridgehead atoms. The first kappa shape index (κ1) is 17.8. The smallest absolute Gasteiger partial charge is 0.352 e. The Labute approximate surface area is 147 Å². The molecule has 0 amide bonds. The highest BCUT2D eigenvalue weighted by atomic mass is 19.1. The van der Waals surface area contributed by atoms with Gasteiger partial charge in [0, 0.05) is 5.56 Å². The molecule has 1 aromatic carbocycles. The molecule has 0 saturated heterocycles. The van der Waals surface area contributed by atoms with Gasteiger partial charge in [0.15, 0.2) is 11.6 Å². The molecule has 1 aromatic heterocycles. The first-order valence-corrected chi connectivity index (χ1v) is 7.63. The molecule has 1 aliphatic rings. The average Bonchev–Trinajstić information content (AvgIpc) is 3.09. The van der Waals surface area contributed by atoms with Crippen molar-refractivity contribution in [1.29, 1.82) is 0 Å². The van der Waals surface area contributed by atoms with Crippen LogP contribution in [0.2, 0.25) is 0 Å². The largest absolute Gasteiger partial charge is 0.497 e. The zero-order chi connectivity index (χ0) is 18.9. The van der Waals surface area contributed by atoms with Gasteiger partial charge >= 0.3 is 5.69 Å². The summed E-state index contributed by atoms with van der Waals surface area (Å²) in [5.74, 6) is -1.81. The van der Waals surface area contributed by atoms with E-state index < -0.39 is 41.5 Å². The molecule has 2 heterocycles. The summed E-state index contributed by atoms with van der Waals surface area (Å²) < 4.78 is 25.4. The molecule has 2 aromatic rings. The molecule has 0 radical (unpaired) electrons. The summed E-state index contributed by atoms with van der Waals surface area (Å²) >= 11 is 0. The lowest BCUT2D eigenvalue weighted by molar-refractivity contribution is -0.0708. The second kappa shape index (κ2) is 6.70. The van der Waals surface area contributed by atoms with Gasteiger partial charge in [-0.2, -0.15) is 4.98 Å². The highest BCUT2D eigenvalue weighted by Gasteiger charge is 2.46. The first-order chi connectivity index (χ1) is 12.4. The number of Topliss-reactive ketones (excluding diaryl/α,β-unsaturated/α-hetero) is 1. The molecule has 3 N–H and O–H groups in total. The molecule has 8 nitrogen and oxygen atoms in total. The molecule has 26 heavy (non-hydrogen) atoms. The van der Waals surface area contributed by atoms with E-state index in [1.165, 1.54) is 31.4 Å². The van der Waals surface area contributed by atoms with Crippen molar-refractivity contribution in [3.63, 3.8) is 0 Å². The number of halogens is 1. The first-order valence-electron chi connectivity index (χ1n) is 7.63. The van der Waals surface area contributed by atoms with Crippen molar-refractivity contribution >= 4 is 11.6 Å². The van der Waals surface area contributed by atoms with E-state index in [4.69, 9.17) is 15.2 Å². The van der Waals surface area contributed by atoms with E-state index in [0.29, 0.717) is 10.3 Å². The van der Waals surface area contributed by atoms with Gasteiger partial charge in [-0.3, -0.25) is 9.36 Å². The number of aromatic nitrogens is 2. The Kier molecular flexibility index (Phi) is 4.58. The van der Waals surface area contributed by atoms with Crippen LogP contribution in [0.1, 0.15) is 10.4 Å². The van der Waals surface area contributed by atoms with Crippen LogP contribution in [0, 0.1) is 5.82 Å². The minimum Gasteiger partial charge on any atom is -0.497 e. The maximum atomic E-state index is 13.9. The number of hydrogen-bond acceptors (Lipinski definition) is 7. The van der Waals surface area contributed by atoms with Crippen molar-refractivity contribution in [2.24, 2.45) is 0 Å². The number of anilines is 1. The van der Waals surface area contributed by atoms with Gasteiger partial charge in [-0.15, -0.1) is 0 Å². The fraction of sp³-hybridized carbons (Fsp3) is 0.235. The number of aliphatic hydroxyl groups excluding tert-OH is 1. The van der Waals surface area contributed by atoms with E-state index in [-0.39, 0.29) is 5.56 Å². The molecule has 3 rings (SSSR count). The number of nitrogens with two attached hydrogens (primary N) is 1. The van der Waals surface area contributed by atoms with Crippen molar-refractivity contribution in [2.45, 2.75) is 11.8 Å². The number of methoxy groups -OCH3 is 1. The number of nitrogen functional groups attached to an aromatic ring is 1. The Hall–Kier alpha value is -3.04. The van der Waals surface area contributed by atoms with E-state index in [1.807, 2.05) is 0 Å². The standard InChI is InChI=1S/C17H16FN3O5/c1-25-11-4-2-3-10(7-11)14(23)17(6-5-12(9-22)26-17)21-8-13(18)15(19)20-16(21)24/h2-8,12,22H,9H2,1H3,(H2,19,20,24)/t12-,17-/m0/s1. The van der Waals surface area contributed by atoms with Crippen molar-refractivity contribution in [1.82, 2.24) is 9.55 Å². The van der Waals surface area contributed by atoms with Crippen molar-refractivity contribution in [2.75, 3.05) is 19.5 Å². The van der Waals surface area contributed by atoms with Gasteiger partial charge in [-0.1, -0.05) is 18.2 Å². The highest BCUT2D eigenvalue weighted by Crippen LogP contribution is 2.32. The monoisotopic (exact) mass is 361 g/mol. The molecule has 9 heteroatoms. The van der Waals surface area contributed by atoms with Crippen LogP contribution in [-0.4, -0.2) is 40.3 Å². The topological polar surface area (TPSA) is 117 Å². The van der Waals surface area contributed by atoms with E-state index in [0.717, 1.165) is 6.20 Å². The zero-order valence-electron chi connectivity index (χ0n) is 13.8. The van der Waals surface area contributed by atoms with Crippen molar-refractivity contribution in [3.05, 3.63) is 64.5 Å². The fourth-order valence-corrected chi connectivity index (χ4v) is 2.68. The Bertz CT molecular complexity index is 942. The quantitative estimate of drug-likeness (QED) is 0.587. The number of rotatable bonds is 5. The Balaban J connectivity index is 2.18. The fourth-order valence-electron chi connectivity index (χ4n) is 2.68. The molecule has 0 spiro atoms. The van der Waals surface area contributed by atoms with Crippen LogP contribution in [0.25, 0.3) is 0 Å². The predicted molar refractivity (Wildman–Crippen MR) is 89.3 cm³/mol. The van der Waals surface area contributed by atoms with Crippen molar-refractivity contribution < 1.29 is 23.8 Å². The van der Waals surface area contributed by atoms with Gasteiger partial charge in [0.05, 0.1) is 19.9 Å². The lowest BCUT2D eigenvalue weighted by Gasteiger charge is -2.29. The average molecular weight is 361 g/mol. The molecule has 2 atom stereocenters. The number of ketones is 1. The third kappa shape index (κ3) is 2.87. The Morgan fingerprint density at radius 3 is 2.96 bits per heavy atom. The summed E-state index contributed by atoms with van der Waals surface area (Å²) in [7, 11) is 1.44. The van der Waals surface area contributed by atoms with E-state index in [2.05, 4.69) is 4.98 Å². The summed E-state index contributed by atoms with van der Waals surface area (Å²) in [5.41, 5.74) is 2.50. The van der Waals surface area contributed by atoms with Gasteiger partial charge in [-0.25, -0.2) is 9.18 Å². The van der Waals surface area contributed by atoms with Crippen LogP contribution in [-0.2, 0) is 10.5 Å².